The fourth-order valence-electron chi connectivity index (χ4n) is 6.53. The lowest BCUT2D eigenvalue weighted by atomic mass is 9.75. The molecule has 0 N–H and O–H groups in total. The third-order valence-electron chi connectivity index (χ3n) is 8.40. The topological polar surface area (TPSA) is 0 Å². The van der Waals surface area contributed by atoms with Crippen LogP contribution in [0.4, 0.5) is 0 Å². The van der Waals surface area contributed by atoms with E-state index < -0.39 is 0 Å². The highest BCUT2D eigenvalue weighted by atomic mass is 14.3. The Morgan fingerprint density at radius 1 is 0.656 bits per heavy atom. The van der Waals surface area contributed by atoms with Gasteiger partial charge in [0.15, 0.2) is 0 Å². The van der Waals surface area contributed by atoms with Crippen LogP contribution in [0.25, 0.3) is 11.1 Å². The van der Waals surface area contributed by atoms with Crippen LogP contribution >= 0.6 is 0 Å². The third kappa shape index (κ3) is 4.80. The molecule has 3 aliphatic carbocycles. The molecule has 2 saturated carbocycles. The van der Waals surface area contributed by atoms with Crippen molar-refractivity contribution in [2.75, 3.05) is 0 Å². The van der Waals surface area contributed by atoms with Crippen molar-refractivity contribution >= 4 is 0 Å². The molecule has 0 bridgehead atoms. The average Bonchev–Trinajstić information content (AvgIpc) is 2.85. The van der Waals surface area contributed by atoms with E-state index in [0.29, 0.717) is 11.8 Å². The summed E-state index contributed by atoms with van der Waals surface area (Å²) in [7, 11) is 0. The Labute approximate surface area is 195 Å². The van der Waals surface area contributed by atoms with E-state index in [0.717, 1.165) is 11.8 Å². The molecule has 0 radical (unpaired) electrons. The van der Waals surface area contributed by atoms with Gasteiger partial charge in [-0.25, -0.2) is 0 Å². The van der Waals surface area contributed by atoms with Crippen LogP contribution in [0.3, 0.4) is 0 Å². The Morgan fingerprint density at radius 2 is 1.31 bits per heavy atom. The summed E-state index contributed by atoms with van der Waals surface area (Å²) in [5, 5.41) is 0. The van der Waals surface area contributed by atoms with Crippen LogP contribution < -0.4 is 0 Å². The van der Waals surface area contributed by atoms with Crippen LogP contribution in [0.15, 0.2) is 66.3 Å². The van der Waals surface area contributed by atoms with E-state index in [1.54, 1.807) is 11.1 Å². The van der Waals surface area contributed by atoms with Gasteiger partial charge in [0.2, 0.25) is 0 Å². The highest BCUT2D eigenvalue weighted by molar-refractivity contribution is 5.66. The van der Waals surface area contributed by atoms with Crippen molar-refractivity contribution < 1.29 is 0 Å². The van der Waals surface area contributed by atoms with Crippen molar-refractivity contribution in [2.45, 2.75) is 89.9 Å². The molecule has 0 saturated heterocycles. The Bertz CT molecular complexity index is 962. The zero-order chi connectivity index (χ0) is 21.9. The average molecular weight is 425 g/mol. The van der Waals surface area contributed by atoms with Crippen LogP contribution in [0.2, 0.25) is 0 Å². The maximum atomic E-state index is 2.58. The monoisotopic (exact) mass is 424 g/mol. The second kappa shape index (κ2) is 9.82. The fraction of sp³-hybridized carbons (Fsp3) is 0.500. The van der Waals surface area contributed by atoms with E-state index in [4.69, 9.17) is 0 Å². The summed E-state index contributed by atoms with van der Waals surface area (Å²) in [6, 6.07) is 16.7. The molecule has 0 nitrogen and oxygen atoms in total. The lowest BCUT2D eigenvalue weighted by Crippen LogP contribution is -2.15. The molecule has 0 aromatic heterocycles. The number of allylic oxidation sites excluding steroid dienone is 4. The lowest BCUT2D eigenvalue weighted by Gasteiger charge is -2.29. The van der Waals surface area contributed by atoms with E-state index >= 15 is 0 Å². The van der Waals surface area contributed by atoms with E-state index in [1.165, 1.54) is 86.5 Å². The number of hydrogen-bond donors (Lipinski definition) is 0. The SMILES string of the molecule is Cc1cc(-c2ccc(C3CCCCC3)cc2)cc(C2C=CC(C3CCCCC3)=CC2C)c1. The van der Waals surface area contributed by atoms with Crippen molar-refractivity contribution in [3.63, 3.8) is 0 Å². The molecular formula is C32H40. The smallest absolute Gasteiger partial charge is 0.00818 e. The van der Waals surface area contributed by atoms with Gasteiger partial charge in [0.1, 0.15) is 0 Å². The van der Waals surface area contributed by atoms with Gasteiger partial charge in [0, 0.05) is 5.92 Å². The second-order valence-corrected chi connectivity index (χ2v) is 10.8. The largest absolute Gasteiger partial charge is 0.0773 e. The van der Waals surface area contributed by atoms with Gasteiger partial charge in [-0.15, -0.1) is 0 Å². The van der Waals surface area contributed by atoms with Gasteiger partial charge in [-0.3, -0.25) is 0 Å². The maximum Gasteiger partial charge on any atom is 0.00818 e. The predicted molar refractivity (Wildman–Crippen MR) is 138 cm³/mol. The lowest BCUT2D eigenvalue weighted by molar-refractivity contribution is 0.403. The maximum absolute atomic E-state index is 2.58. The van der Waals surface area contributed by atoms with Gasteiger partial charge in [-0.2, -0.15) is 0 Å². The van der Waals surface area contributed by atoms with Gasteiger partial charge in [-0.1, -0.05) is 112 Å². The van der Waals surface area contributed by atoms with Crippen LogP contribution in [0.5, 0.6) is 0 Å². The summed E-state index contributed by atoms with van der Waals surface area (Å²) in [5.41, 5.74) is 8.74. The molecule has 0 heteroatoms. The Kier molecular flexibility index (Phi) is 6.67. The van der Waals surface area contributed by atoms with Crippen LogP contribution in [-0.2, 0) is 0 Å². The van der Waals surface area contributed by atoms with Crippen LogP contribution in [0.1, 0.15) is 99.7 Å². The fourth-order valence-corrected chi connectivity index (χ4v) is 6.53. The van der Waals surface area contributed by atoms with Crippen LogP contribution in [0, 0.1) is 18.8 Å². The van der Waals surface area contributed by atoms with E-state index in [1.807, 2.05) is 0 Å². The first-order chi connectivity index (χ1) is 15.7. The molecule has 168 valence electrons. The first-order valence-electron chi connectivity index (χ1n) is 13.3. The first-order valence-corrected chi connectivity index (χ1v) is 13.3. The van der Waals surface area contributed by atoms with Crippen molar-refractivity contribution in [1.82, 2.24) is 0 Å². The number of aryl methyl sites for hydroxylation is 1. The van der Waals surface area contributed by atoms with Crippen molar-refractivity contribution in [3.05, 3.63) is 83.0 Å². The molecule has 0 aliphatic heterocycles. The molecule has 2 atom stereocenters. The summed E-state index contributed by atoms with van der Waals surface area (Å²) in [6.45, 7) is 4.67. The highest BCUT2D eigenvalue weighted by Crippen LogP contribution is 2.39. The summed E-state index contributed by atoms with van der Waals surface area (Å²) in [4.78, 5) is 0. The molecule has 3 aliphatic rings. The third-order valence-corrected chi connectivity index (χ3v) is 8.40. The summed E-state index contributed by atoms with van der Waals surface area (Å²) >= 11 is 0. The Hall–Kier alpha value is -2.08. The van der Waals surface area contributed by atoms with Gasteiger partial charge >= 0.3 is 0 Å². The molecular weight excluding hydrogens is 384 g/mol. The van der Waals surface area contributed by atoms with Gasteiger partial charge in [0.25, 0.3) is 0 Å². The summed E-state index contributed by atoms with van der Waals surface area (Å²) in [6.07, 6.45) is 21.5. The molecule has 0 heterocycles. The van der Waals surface area contributed by atoms with Gasteiger partial charge < -0.3 is 0 Å². The quantitative estimate of drug-likeness (QED) is 0.458. The zero-order valence-corrected chi connectivity index (χ0v) is 20.2. The van der Waals surface area contributed by atoms with E-state index in [9.17, 15) is 0 Å². The predicted octanol–water partition coefficient (Wildman–Crippen LogP) is 9.51. The second-order valence-electron chi connectivity index (χ2n) is 10.8. The van der Waals surface area contributed by atoms with Crippen molar-refractivity contribution in [2.24, 2.45) is 11.8 Å². The molecule has 2 fully saturated rings. The molecule has 2 aromatic carbocycles. The van der Waals surface area contributed by atoms with Gasteiger partial charge in [0.05, 0.1) is 0 Å². The number of hydrogen-bond acceptors (Lipinski definition) is 0. The molecule has 32 heavy (non-hydrogen) atoms. The van der Waals surface area contributed by atoms with E-state index in [2.05, 4.69) is 74.5 Å². The summed E-state index contributed by atoms with van der Waals surface area (Å²) < 4.78 is 0. The molecule has 2 aromatic rings. The highest BCUT2D eigenvalue weighted by Gasteiger charge is 2.24. The first kappa shape index (κ1) is 21.7. The molecule has 0 amide bonds. The Morgan fingerprint density at radius 3 is 1.97 bits per heavy atom. The Balaban J connectivity index is 1.35. The minimum absolute atomic E-state index is 0.488. The molecule has 2 unspecified atom stereocenters. The minimum Gasteiger partial charge on any atom is -0.0773 e. The standard InChI is InChI=1S/C32H40/c1-23-19-30(28-15-13-27(14-16-28)25-9-5-3-6-10-25)22-31(20-23)32-18-17-29(21-24(32)2)26-11-7-4-8-12-26/h13-22,24-26,32H,3-12H2,1-2H3. The minimum atomic E-state index is 0.488. The number of benzene rings is 2. The number of rotatable bonds is 4. The molecule has 5 rings (SSSR count). The van der Waals surface area contributed by atoms with Crippen molar-refractivity contribution in [3.8, 4) is 11.1 Å². The van der Waals surface area contributed by atoms with Crippen LogP contribution in [-0.4, -0.2) is 0 Å². The van der Waals surface area contributed by atoms with Crippen molar-refractivity contribution in [1.29, 1.82) is 0 Å². The van der Waals surface area contributed by atoms with Gasteiger partial charge in [-0.05, 0) is 78.2 Å². The summed E-state index contributed by atoms with van der Waals surface area (Å²) in [5.74, 6) is 2.64. The van der Waals surface area contributed by atoms with E-state index in [-0.39, 0.29) is 0 Å². The normalized spacial score (nSPS) is 25.0. The molecule has 0 spiro atoms. The zero-order valence-electron chi connectivity index (χ0n) is 20.2.